The maximum absolute atomic E-state index is 12.6. The summed E-state index contributed by atoms with van der Waals surface area (Å²) in [4.78, 5) is 12.6. The molecule has 2 aromatic carbocycles. The quantitative estimate of drug-likeness (QED) is 0.682. The predicted molar refractivity (Wildman–Crippen MR) is 83.1 cm³/mol. The lowest BCUT2D eigenvalue weighted by molar-refractivity contribution is 0.104. The molecule has 0 spiro atoms. The molecule has 0 fully saturated rings. The molecule has 0 aliphatic carbocycles. The highest BCUT2D eigenvalue weighted by Gasteiger charge is 2.38. The van der Waals surface area contributed by atoms with Crippen molar-refractivity contribution in [1.82, 2.24) is 0 Å². The molecule has 1 nitrogen and oxygen atoms in total. The van der Waals surface area contributed by atoms with Gasteiger partial charge in [0.1, 0.15) is 8.07 Å². The fraction of sp³-hybridized carbons (Fsp3) is 0.133. The van der Waals surface area contributed by atoms with E-state index in [0.717, 1.165) is 21.5 Å². The summed E-state index contributed by atoms with van der Waals surface area (Å²) in [6.45, 7) is 4.45. The molecule has 0 amide bonds. The summed E-state index contributed by atoms with van der Waals surface area (Å²) in [7, 11) is -1.93. The molecular formula is C15H12Cl2OSi. The zero-order valence-electron chi connectivity index (χ0n) is 10.6. The van der Waals surface area contributed by atoms with Gasteiger partial charge in [-0.25, -0.2) is 0 Å². The molecule has 0 saturated heterocycles. The lowest BCUT2D eigenvalue weighted by Crippen LogP contribution is -2.59. The predicted octanol–water partition coefficient (Wildman–Crippen LogP) is 3.36. The summed E-state index contributed by atoms with van der Waals surface area (Å²) in [6, 6.07) is 11.1. The van der Waals surface area contributed by atoms with E-state index in [4.69, 9.17) is 23.2 Å². The number of rotatable bonds is 0. The van der Waals surface area contributed by atoms with Gasteiger partial charge in [0.05, 0.1) is 0 Å². The van der Waals surface area contributed by atoms with Crippen molar-refractivity contribution in [2.45, 2.75) is 13.1 Å². The number of hydrogen-bond donors (Lipinski definition) is 0. The minimum Gasteiger partial charge on any atom is -0.289 e. The van der Waals surface area contributed by atoms with Crippen molar-refractivity contribution in [1.29, 1.82) is 0 Å². The van der Waals surface area contributed by atoms with E-state index in [1.165, 1.54) is 0 Å². The lowest BCUT2D eigenvalue weighted by atomic mass is 10.0. The van der Waals surface area contributed by atoms with Crippen LogP contribution < -0.4 is 10.4 Å². The molecule has 0 radical (unpaired) electrons. The first-order valence-corrected chi connectivity index (χ1v) is 9.81. The Balaban J connectivity index is 2.36. The van der Waals surface area contributed by atoms with Crippen LogP contribution in [0, 0.1) is 0 Å². The van der Waals surface area contributed by atoms with Crippen LogP contribution in [-0.2, 0) is 0 Å². The van der Waals surface area contributed by atoms with Crippen molar-refractivity contribution in [3.63, 3.8) is 0 Å². The molecule has 4 heteroatoms. The van der Waals surface area contributed by atoms with Crippen LogP contribution in [0.3, 0.4) is 0 Å². The molecule has 1 aliphatic heterocycles. The fourth-order valence-electron chi connectivity index (χ4n) is 2.75. The van der Waals surface area contributed by atoms with Gasteiger partial charge in [-0.05, 0) is 46.8 Å². The van der Waals surface area contributed by atoms with Gasteiger partial charge in [0, 0.05) is 21.2 Å². The third-order valence-corrected chi connectivity index (χ3v) is 7.79. The minimum atomic E-state index is -1.93. The Morgan fingerprint density at radius 3 is 1.68 bits per heavy atom. The van der Waals surface area contributed by atoms with E-state index in [-0.39, 0.29) is 5.78 Å². The average molecular weight is 307 g/mol. The maximum atomic E-state index is 12.6. The van der Waals surface area contributed by atoms with E-state index < -0.39 is 8.07 Å². The lowest BCUT2D eigenvalue weighted by Gasteiger charge is -2.32. The second-order valence-corrected chi connectivity index (χ2v) is 10.5. The van der Waals surface area contributed by atoms with Gasteiger partial charge in [-0.2, -0.15) is 0 Å². The highest BCUT2D eigenvalue weighted by molar-refractivity contribution is 7.02. The average Bonchev–Trinajstić information content (AvgIpc) is 2.36. The van der Waals surface area contributed by atoms with Gasteiger partial charge in [0.15, 0.2) is 5.78 Å². The van der Waals surface area contributed by atoms with Gasteiger partial charge >= 0.3 is 0 Å². The molecular weight excluding hydrogens is 295 g/mol. The molecule has 19 heavy (non-hydrogen) atoms. The number of halogens is 2. The van der Waals surface area contributed by atoms with Crippen LogP contribution in [0.5, 0.6) is 0 Å². The van der Waals surface area contributed by atoms with E-state index in [2.05, 4.69) is 13.1 Å². The van der Waals surface area contributed by atoms with Crippen molar-refractivity contribution >= 4 is 47.4 Å². The summed E-state index contributed by atoms with van der Waals surface area (Å²) < 4.78 is 0. The van der Waals surface area contributed by atoms with E-state index in [0.29, 0.717) is 10.0 Å². The number of ketones is 1. The number of carbonyl (C=O) groups excluding carboxylic acids is 1. The molecule has 0 aromatic heterocycles. The summed E-state index contributed by atoms with van der Waals surface area (Å²) in [5.41, 5.74) is 1.58. The van der Waals surface area contributed by atoms with Crippen molar-refractivity contribution in [3.8, 4) is 0 Å². The van der Waals surface area contributed by atoms with E-state index in [1.807, 2.05) is 24.3 Å². The summed E-state index contributed by atoms with van der Waals surface area (Å²) >= 11 is 12.2. The van der Waals surface area contributed by atoms with Crippen LogP contribution >= 0.6 is 23.2 Å². The first kappa shape index (κ1) is 12.9. The van der Waals surface area contributed by atoms with E-state index in [1.54, 1.807) is 12.1 Å². The topological polar surface area (TPSA) is 17.1 Å². The van der Waals surface area contributed by atoms with Gasteiger partial charge < -0.3 is 0 Å². The summed E-state index contributed by atoms with van der Waals surface area (Å²) in [5, 5.41) is 3.55. The summed E-state index contributed by atoms with van der Waals surface area (Å²) in [5.74, 6) is 0.0742. The van der Waals surface area contributed by atoms with Crippen molar-refractivity contribution < 1.29 is 4.79 Å². The smallest absolute Gasteiger partial charge is 0.192 e. The standard InChI is InChI=1S/C15H12Cl2OSi/c1-19(2)13-7-9(16)3-5-11(13)15(18)12-6-4-10(17)8-14(12)19/h3-8H,1-2H3. The SMILES string of the molecule is C[Si]1(C)c2cc(Cl)ccc2C(=O)c2ccc(Cl)cc21. The Morgan fingerprint density at radius 1 is 0.842 bits per heavy atom. The van der Waals surface area contributed by atoms with Crippen LogP contribution in [-0.4, -0.2) is 13.9 Å². The van der Waals surface area contributed by atoms with Crippen LogP contribution in [0.25, 0.3) is 0 Å². The Bertz CT molecular complexity index is 650. The van der Waals surface area contributed by atoms with Gasteiger partial charge in [-0.15, -0.1) is 0 Å². The van der Waals surface area contributed by atoms with Crippen molar-refractivity contribution in [2.24, 2.45) is 0 Å². The zero-order valence-corrected chi connectivity index (χ0v) is 13.1. The normalized spacial score (nSPS) is 15.9. The van der Waals surface area contributed by atoms with Crippen LogP contribution in [0.1, 0.15) is 15.9 Å². The first-order chi connectivity index (χ1) is 8.91. The third-order valence-electron chi connectivity index (χ3n) is 3.80. The molecule has 0 bridgehead atoms. The highest BCUT2D eigenvalue weighted by Crippen LogP contribution is 2.24. The molecule has 3 rings (SSSR count). The van der Waals surface area contributed by atoms with Gasteiger partial charge in [0.25, 0.3) is 0 Å². The van der Waals surface area contributed by atoms with E-state index >= 15 is 0 Å². The highest BCUT2D eigenvalue weighted by atomic mass is 35.5. The third kappa shape index (κ3) is 1.86. The van der Waals surface area contributed by atoms with E-state index in [9.17, 15) is 4.79 Å². The van der Waals surface area contributed by atoms with Crippen LogP contribution in [0.15, 0.2) is 36.4 Å². The van der Waals surface area contributed by atoms with Crippen molar-refractivity contribution in [3.05, 3.63) is 57.6 Å². The Kier molecular flexibility index (Phi) is 2.86. The van der Waals surface area contributed by atoms with Gasteiger partial charge in [-0.1, -0.05) is 36.3 Å². The molecule has 0 N–H and O–H groups in total. The molecule has 0 atom stereocenters. The molecule has 1 heterocycles. The van der Waals surface area contributed by atoms with Crippen LogP contribution in [0.2, 0.25) is 23.1 Å². The minimum absolute atomic E-state index is 0.0742. The number of fused-ring (bicyclic) bond motifs is 2. The summed E-state index contributed by atoms with van der Waals surface area (Å²) in [6.07, 6.45) is 0. The van der Waals surface area contributed by atoms with Gasteiger partial charge in [0.2, 0.25) is 0 Å². The van der Waals surface area contributed by atoms with Crippen molar-refractivity contribution in [2.75, 3.05) is 0 Å². The molecule has 0 saturated carbocycles. The second kappa shape index (κ2) is 4.20. The Labute approximate surface area is 123 Å². The molecule has 0 unspecified atom stereocenters. The first-order valence-electron chi connectivity index (χ1n) is 6.06. The fourth-order valence-corrected chi connectivity index (χ4v) is 6.34. The number of carbonyl (C=O) groups is 1. The largest absolute Gasteiger partial charge is 0.289 e. The number of hydrogen-bond acceptors (Lipinski definition) is 1. The maximum Gasteiger partial charge on any atom is 0.192 e. The molecule has 1 aliphatic rings. The monoisotopic (exact) mass is 306 g/mol. The Hall–Kier alpha value is -1.09. The van der Waals surface area contributed by atoms with Gasteiger partial charge in [-0.3, -0.25) is 4.79 Å². The van der Waals surface area contributed by atoms with Crippen LogP contribution in [0.4, 0.5) is 0 Å². The number of benzene rings is 2. The molecule has 2 aromatic rings. The Morgan fingerprint density at radius 2 is 1.26 bits per heavy atom. The second-order valence-electron chi connectivity index (χ2n) is 5.33. The molecule has 96 valence electrons. The zero-order chi connectivity index (χ0) is 13.8.